The molecule has 1 aliphatic rings. The summed E-state index contributed by atoms with van der Waals surface area (Å²) in [6, 6.07) is 14.0. The first-order valence-electron chi connectivity index (χ1n) is 8.11. The maximum absolute atomic E-state index is 12.4. The van der Waals surface area contributed by atoms with Gasteiger partial charge in [-0.25, -0.2) is 4.98 Å². The fraction of sp³-hybridized carbons (Fsp3) is 0.100. The van der Waals surface area contributed by atoms with E-state index in [0.29, 0.717) is 5.65 Å². The van der Waals surface area contributed by atoms with Crippen LogP contribution < -0.4 is 5.56 Å². The molecule has 24 heavy (non-hydrogen) atoms. The fourth-order valence-electron chi connectivity index (χ4n) is 3.43. The Kier molecular flexibility index (Phi) is 2.73. The summed E-state index contributed by atoms with van der Waals surface area (Å²) in [6.45, 7) is 0. The SMILES string of the molecule is O=c1[nH]c2ccc(C3=CCCC=C3)cc2n2c1nc1ccccc12. The number of benzene rings is 2. The van der Waals surface area contributed by atoms with Gasteiger partial charge in [-0.3, -0.25) is 9.20 Å². The molecule has 116 valence electrons. The van der Waals surface area contributed by atoms with E-state index < -0.39 is 0 Å². The van der Waals surface area contributed by atoms with E-state index in [9.17, 15) is 4.79 Å². The Balaban J connectivity index is 1.92. The number of aromatic nitrogens is 3. The van der Waals surface area contributed by atoms with Gasteiger partial charge < -0.3 is 4.98 Å². The second-order valence-electron chi connectivity index (χ2n) is 6.08. The van der Waals surface area contributed by atoms with Crippen molar-refractivity contribution in [3.63, 3.8) is 0 Å². The molecule has 5 rings (SSSR count). The zero-order chi connectivity index (χ0) is 16.1. The second-order valence-corrected chi connectivity index (χ2v) is 6.08. The molecule has 0 fully saturated rings. The number of para-hydroxylation sites is 2. The number of allylic oxidation sites excluding steroid dienone is 4. The van der Waals surface area contributed by atoms with Gasteiger partial charge in [-0.05, 0) is 48.2 Å². The molecule has 0 spiro atoms. The molecular weight excluding hydrogens is 298 g/mol. The van der Waals surface area contributed by atoms with Crippen LogP contribution >= 0.6 is 0 Å². The Hall–Kier alpha value is -3.14. The standard InChI is InChI=1S/C20H15N3O/c24-20-19-21-15-8-4-5-9-17(15)23(19)18-12-14(10-11-16(18)22-20)13-6-2-1-3-7-13/h2,4-12H,1,3H2,(H,22,24). The van der Waals surface area contributed by atoms with Crippen LogP contribution in [0.5, 0.6) is 0 Å². The van der Waals surface area contributed by atoms with Crippen molar-refractivity contribution in [1.82, 2.24) is 14.4 Å². The van der Waals surface area contributed by atoms with Crippen LogP contribution in [0.15, 0.2) is 65.5 Å². The van der Waals surface area contributed by atoms with E-state index in [2.05, 4.69) is 40.3 Å². The predicted octanol–water partition coefficient (Wildman–Crippen LogP) is 4.06. The second kappa shape index (κ2) is 4.93. The largest absolute Gasteiger partial charge is 0.317 e. The minimum absolute atomic E-state index is 0.164. The maximum Gasteiger partial charge on any atom is 0.292 e. The van der Waals surface area contributed by atoms with E-state index in [4.69, 9.17) is 0 Å². The van der Waals surface area contributed by atoms with Crippen LogP contribution in [0.3, 0.4) is 0 Å². The number of rotatable bonds is 1. The van der Waals surface area contributed by atoms with Crippen LogP contribution in [-0.4, -0.2) is 14.4 Å². The molecule has 0 aliphatic heterocycles. The van der Waals surface area contributed by atoms with Gasteiger partial charge in [0.1, 0.15) is 0 Å². The molecule has 2 aromatic carbocycles. The molecule has 0 atom stereocenters. The summed E-state index contributed by atoms with van der Waals surface area (Å²) in [5.41, 5.74) is 6.23. The average molecular weight is 313 g/mol. The molecule has 0 unspecified atom stereocenters. The average Bonchev–Trinajstić information content (AvgIpc) is 3.03. The Morgan fingerprint density at radius 3 is 2.83 bits per heavy atom. The molecule has 2 aromatic heterocycles. The predicted molar refractivity (Wildman–Crippen MR) is 97.2 cm³/mol. The van der Waals surface area contributed by atoms with E-state index in [1.165, 1.54) is 5.57 Å². The highest BCUT2D eigenvalue weighted by Gasteiger charge is 2.12. The first-order chi connectivity index (χ1) is 11.8. The van der Waals surface area contributed by atoms with Crippen molar-refractivity contribution in [3.05, 3.63) is 76.6 Å². The molecule has 4 heteroatoms. The zero-order valence-electron chi connectivity index (χ0n) is 13.0. The van der Waals surface area contributed by atoms with Gasteiger partial charge in [-0.2, -0.15) is 0 Å². The van der Waals surface area contributed by atoms with E-state index >= 15 is 0 Å². The lowest BCUT2D eigenvalue weighted by Crippen LogP contribution is -2.11. The van der Waals surface area contributed by atoms with E-state index in [-0.39, 0.29) is 5.56 Å². The molecular formula is C20H15N3O. The summed E-state index contributed by atoms with van der Waals surface area (Å²) in [6.07, 6.45) is 8.80. The Morgan fingerprint density at radius 1 is 1.04 bits per heavy atom. The molecule has 1 aliphatic carbocycles. The quantitative estimate of drug-likeness (QED) is 0.576. The van der Waals surface area contributed by atoms with Crippen molar-refractivity contribution in [2.75, 3.05) is 0 Å². The van der Waals surface area contributed by atoms with Gasteiger partial charge in [-0.1, -0.05) is 36.4 Å². The number of imidazole rings is 1. The van der Waals surface area contributed by atoms with Crippen LogP contribution in [0.4, 0.5) is 0 Å². The highest BCUT2D eigenvalue weighted by atomic mass is 16.1. The summed E-state index contributed by atoms with van der Waals surface area (Å²) in [7, 11) is 0. The number of hydrogen-bond acceptors (Lipinski definition) is 2. The number of nitrogens with zero attached hydrogens (tertiary/aromatic N) is 2. The first kappa shape index (κ1) is 13.3. The lowest BCUT2D eigenvalue weighted by molar-refractivity contribution is 1.04. The fourth-order valence-corrected chi connectivity index (χ4v) is 3.43. The van der Waals surface area contributed by atoms with Crippen LogP contribution in [0.1, 0.15) is 18.4 Å². The lowest BCUT2D eigenvalue weighted by atomic mass is 9.99. The summed E-state index contributed by atoms with van der Waals surface area (Å²) in [5.74, 6) is 0. The van der Waals surface area contributed by atoms with Gasteiger partial charge in [0.05, 0.1) is 22.1 Å². The van der Waals surface area contributed by atoms with E-state index in [0.717, 1.165) is 40.5 Å². The zero-order valence-corrected chi connectivity index (χ0v) is 13.0. The van der Waals surface area contributed by atoms with Gasteiger partial charge in [0.15, 0.2) is 0 Å². The third kappa shape index (κ3) is 1.86. The highest BCUT2D eigenvalue weighted by Crippen LogP contribution is 2.26. The minimum atomic E-state index is -0.164. The van der Waals surface area contributed by atoms with E-state index in [1.54, 1.807) is 0 Å². The smallest absolute Gasteiger partial charge is 0.292 e. The van der Waals surface area contributed by atoms with Gasteiger partial charge in [-0.15, -0.1) is 0 Å². The first-order valence-corrected chi connectivity index (χ1v) is 8.11. The van der Waals surface area contributed by atoms with Crippen molar-refractivity contribution in [2.24, 2.45) is 0 Å². The molecule has 0 saturated heterocycles. The van der Waals surface area contributed by atoms with Crippen molar-refractivity contribution < 1.29 is 0 Å². The summed E-state index contributed by atoms with van der Waals surface area (Å²) in [4.78, 5) is 19.8. The molecule has 0 amide bonds. The summed E-state index contributed by atoms with van der Waals surface area (Å²) < 4.78 is 1.96. The topological polar surface area (TPSA) is 50.2 Å². The summed E-state index contributed by atoms with van der Waals surface area (Å²) >= 11 is 0. The van der Waals surface area contributed by atoms with Crippen LogP contribution in [0, 0.1) is 0 Å². The van der Waals surface area contributed by atoms with Gasteiger partial charge in [0.25, 0.3) is 5.56 Å². The van der Waals surface area contributed by atoms with Crippen molar-refractivity contribution in [2.45, 2.75) is 12.8 Å². The van der Waals surface area contributed by atoms with Crippen LogP contribution in [0.2, 0.25) is 0 Å². The van der Waals surface area contributed by atoms with Crippen molar-refractivity contribution in [1.29, 1.82) is 0 Å². The third-order valence-corrected chi connectivity index (χ3v) is 4.58. The molecule has 0 radical (unpaired) electrons. The molecule has 0 bridgehead atoms. The van der Waals surface area contributed by atoms with Crippen LogP contribution in [0.25, 0.3) is 33.3 Å². The number of nitrogens with one attached hydrogen (secondary N) is 1. The Bertz CT molecular complexity index is 1220. The molecule has 4 nitrogen and oxygen atoms in total. The molecule has 2 heterocycles. The van der Waals surface area contributed by atoms with Gasteiger partial charge in [0.2, 0.25) is 5.65 Å². The number of fused-ring (bicyclic) bond motifs is 5. The molecule has 1 N–H and O–H groups in total. The number of hydrogen-bond donors (Lipinski definition) is 1. The molecule has 4 aromatic rings. The Labute approximate surface area is 137 Å². The number of aromatic amines is 1. The Morgan fingerprint density at radius 2 is 1.96 bits per heavy atom. The van der Waals surface area contributed by atoms with Crippen LogP contribution in [-0.2, 0) is 0 Å². The minimum Gasteiger partial charge on any atom is -0.317 e. The monoisotopic (exact) mass is 313 g/mol. The van der Waals surface area contributed by atoms with Gasteiger partial charge in [0, 0.05) is 0 Å². The number of H-pyrrole nitrogens is 1. The summed E-state index contributed by atoms with van der Waals surface area (Å²) in [5, 5.41) is 0. The highest BCUT2D eigenvalue weighted by molar-refractivity contribution is 5.90. The maximum atomic E-state index is 12.4. The van der Waals surface area contributed by atoms with Crippen molar-refractivity contribution in [3.8, 4) is 0 Å². The van der Waals surface area contributed by atoms with E-state index in [1.807, 2.05) is 34.7 Å². The lowest BCUT2D eigenvalue weighted by Gasteiger charge is -2.09. The normalized spacial score (nSPS) is 14.6. The van der Waals surface area contributed by atoms with Gasteiger partial charge >= 0.3 is 0 Å². The molecule has 0 saturated carbocycles. The van der Waals surface area contributed by atoms with Crippen molar-refractivity contribution >= 4 is 33.3 Å². The third-order valence-electron chi connectivity index (χ3n) is 4.58.